The van der Waals surface area contributed by atoms with Gasteiger partial charge in [0.1, 0.15) is 16.9 Å². The van der Waals surface area contributed by atoms with Crippen LogP contribution in [0.3, 0.4) is 0 Å². The van der Waals surface area contributed by atoms with Gasteiger partial charge in [0.05, 0.1) is 35.4 Å². The largest absolute Gasteiger partial charge is 0.369 e. The van der Waals surface area contributed by atoms with Crippen molar-refractivity contribution in [1.29, 1.82) is 0 Å². The van der Waals surface area contributed by atoms with Crippen LogP contribution in [0, 0.1) is 5.82 Å². The number of carbonyl (C=O) groups excluding carboxylic acids is 2. The summed E-state index contributed by atoms with van der Waals surface area (Å²) in [4.78, 5) is 42.2. The molecule has 4 N–H and O–H groups in total. The van der Waals surface area contributed by atoms with Crippen LogP contribution in [0.4, 0.5) is 10.2 Å². The lowest BCUT2D eigenvalue weighted by molar-refractivity contribution is -0.119. The molecular weight excluding hydrogens is 607 g/mol. The molecule has 2 aliphatic heterocycles. The Kier molecular flexibility index (Phi) is 7.74. The Morgan fingerprint density at radius 3 is 2.54 bits per heavy atom. The lowest BCUT2D eigenvalue weighted by Gasteiger charge is -2.32. The predicted octanol–water partition coefficient (Wildman–Crippen LogP) is 3.88. The van der Waals surface area contributed by atoms with E-state index in [4.69, 9.17) is 26.5 Å². The van der Waals surface area contributed by atoms with Crippen LogP contribution < -0.4 is 16.4 Å². The topological polar surface area (TPSA) is 154 Å². The lowest BCUT2D eigenvalue weighted by atomic mass is 10.0. The summed E-state index contributed by atoms with van der Waals surface area (Å²) in [5, 5.41) is 4.71. The number of halogens is 1. The molecule has 2 aliphatic rings. The zero-order valence-corrected chi connectivity index (χ0v) is 25.8. The molecule has 2 amide bonds. The number of aromatic nitrogens is 6. The number of benzene rings is 1. The maximum Gasteiger partial charge on any atom is 0.256 e. The number of carbonyl (C=O) groups is 2. The highest BCUT2D eigenvalue weighted by Gasteiger charge is 2.36. The fourth-order valence-electron chi connectivity index (χ4n) is 6.20. The zero-order chi connectivity index (χ0) is 31.9. The number of nitrogens with zero attached hydrogens (tertiary/aromatic N) is 8. The van der Waals surface area contributed by atoms with E-state index >= 15 is 0 Å². The first-order valence-corrected chi connectivity index (χ1v) is 15.7. The Labute approximate surface area is 267 Å². The quantitative estimate of drug-likeness (QED) is 0.258. The van der Waals surface area contributed by atoms with E-state index in [1.54, 1.807) is 29.0 Å². The number of likely N-dealkylation sites (tertiary alicyclic amines) is 1. The van der Waals surface area contributed by atoms with Gasteiger partial charge in [-0.05, 0) is 62.2 Å². The summed E-state index contributed by atoms with van der Waals surface area (Å²) in [6.45, 7) is 3.54. The molecule has 0 spiro atoms. The van der Waals surface area contributed by atoms with Crippen LogP contribution in [0.2, 0.25) is 0 Å². The molecule has 1 saturated heterocycles. The van der Waals surface area contributed by atoms with Gasteiger partial charge in [0.2, 0.25) is 5.91 Å². The standard InChI is InChI=1S/C32H31FN10O2S/c1-19-30(31(35)45)46-32(21-3-2-12-36-15-21)43(19)27-17-42-26(38-27)9-8-24(39-42)29-28(20-4-6-22(33)7-5-20)37-18-41(29)23-10-13-40(14-11-23)16-25(34)44/h2-9,12,15,17-18,23,32H,10-11,13-14,16H2,1H3,(H2,34,44)(H2,35,45). The van der Waals surface area contributed by atoms with Gasteiger partial charge in [-0.2, -0.15) is 5.10 Å². The molecule has 234 valence electrons. The molecule has 0 aliphatic carbocycles. The van der Waals surface area contributed by atoms with Crippen LogP contribution in [0.5, 0.6) is 0 Å². The van der Waals surface area contributed by atoms with Crippen molar-refractivity contribution in [3.63, 3.8) is 0 Å². The van der Waals surface area contributed by atoms with Gasteiger partial charge in [-0.25, -0.2) is 18.9 Å². The SMILES string of the molecule is CC1=C(C(N)=O)SC(c2cccnc2)N1c1cn2nc(-c3c(-c4ccc(F)cc4)ncn3C3CCN(CC(N)=O)CC3)ccc2n1. The average Bonchev–Trinajstić information content (AvgIpc) is 3.76. The maximum atomic E-state index is 13.9. The minimum atomic E-state index is -0.495. The van der Waals surface area contributed by atoms with Crippen LogP contribution in [-0.2, 0) is 9.59 Å². The molecular formula is C32H31FN10O2S. The van der Waals surface area contributed by atoms with Crippen molar-refractivity contribution in [2.75, 3.05) is 24.5 Å². The second-order valence-electron chi connectivity index (χ2n) is 11.4. The smallest absolute Gasteiger partial charge is 0.256 e. The molecule has 14 heteroatoms. The average molecular weight is 639 g/mol. The summed E-state index contributed by atoms with van der Waals surface area (Å²) in [6, 6.07) is 14.0. The number of imidazole rings is 2. The van der Waals surface area contributed by atoms with Gasteiger partial charge < -0.3 is 20.9 Å². The molecule has 0 saturated carbocycles. The Morgan fingerprint density at radius 1 is 1.07 bits per heavy atom. The summed E-state index contributed by atoms with van der Waals surface area (Å²) < 4.78 is 17.7. The minimum absolute atomic E-state index is 0.110. The molecule has 1 unspecified atom stereocenters. The molecule has 1 aromatic carbocycles. The van der Waals surface area contributed by atoms with E-state index < -0.39 is 5.91 Å². The summed E-state index contributed by atoms with van der Waals surface area (Å²) in [6.07, 6.45) is 8.71. The fourth-order valence-corrected chi connectivity index (χ4v) is 7.46. The number of hydrogen-bond donors (Lipinski definition) is 2. The van der Waals surface area contributed by atoms with Crippen molar-refractivity contribution in [1.82, 2.24) is 34.0 Å². The summed E-state index contributed by atoms with van der Waals surface area (Å²) in [5.41, 5.74) is 16.3. The molecule has 5 aromatic rings. The molecule has 0 bridgehead atoms. The van der Waals surface area contributed by atoms with E-state index in [9.17, 15) is 14.0 Å². The highest BCUT2D eigenvalue weighted by molar-refractivity contribution is 8.04. The van der Waals surface area contributed by atoms with E-state index in [0.717, 1.165) is 42.8 Å². The highest BCUT2D eigenvalue weighted by atomic mass is 32.2. The van der Waals surface area contributed by atoms with Crippen LogP contribution in [-0.4, -0.2) is 65.5 Å². The van der Waals surface area contributed by atoms with E-state index in [-0.39, 0.29) is 29.7 Å². The van der Waals surface area contributed by atoms with E-state index in [0.29, 0.717) is 33.5 Å². The molecule has 1 fully saturated rings. The number of amides is 2. The first-order chi connectivity index (χ1) is 22.3. The van der Waals surface area contributed by atoms with Crippen molar-refractivity contribution < 1.29 is 14.0 Å². The molecule has 7 rings (SSSR count). The Bertz CT molecular complexity index is 1970. The maximum absolute atomic E-state index is 13.9. The lowest BCUT2D eigenvalue weighted by Crippen LogP contribution is -2.40. The molecule has 46 heavy (non-hydrogen) atoms. The van der Waals surface area contributed by atoms with E-state index in [1.807, 2.05) is 48.6 Å². The molecule has 6 heterocycles. The van der Waals surface area contributed by atoms with Gasteiger partial charge in [0, 0.05) is 48.3 Å². The van der Waals surface area contributed by atoms with Crippen LogP contribution in [0.1, 0.15) is 36.7 Å². The number of hydrogen-bond acceptors (Lipinski definition) is 9. The fraction of sp³-hybridized carbons (Fsp3) is 0.250. The summed E-state index contributed by atoms with van der Waals surface area (Å²) >= 11 is 1.37. The van der Waals surface area contributed by atoms with E-state index in [1.165, 1.54) is 23.9 Å². The third-order valence-electron chi connectivity index (χ3n) is 8.39. The number of thioether (sulfide) groups is 1. The number of pyridine rings is 1. The van der Waals surface area contributed by atoms with Crippen molar-refractivity contribution in [3.8, 4) is 22.6 Å². The number of allylic oxidation sites excluding steroid dienone is 1. The Hall–Kier alpha value is -5.08. The van der Waals surface area contributed by atoms with Gasteiger partial charge in [-0.1, -0.05) is 17.8 Å². The van der Waals surface area contributed by atoms with Gasteiger partial charge >= 0.3 is 0 Å². The van der Waals surface area contributed by atoms with Gasteiger partial charge in [0.15, 0.2) is 11.5 Å². The number of rotatable bonds is 8. The number of anilines is 1. The second-order valence-corrected chi connectivity index (χ2v) is 12.4. The third-order valence-corrected chi connectivity index (χ3v) is 9.82. The van der Waals surface area contributed by atoms with Crippen LogP contribution >= 0.6 is 11.8 Å². The Morgan fingerprint density at radius 2 is 1.85 bits per heavy atom. The highest BCUT2D eigenvalue weighted by Crippen LogP contribution is 2.49. The normalized spacial score (nSPS) is 17.7. The van der Waals surface area contributed by atoms with Crippen LogP contribution in [0.25, 0.3) is 28.3 Å². The summed E-state index contributed by atoms with van der Waals surface area (Å²) in [7, 11) is 0. The molecule has 12 nitrogen and oxygen atoms in total. The number of piperidine rings is 1. The van der Waals surface area contributed by atoms with Gasteiger partial charge in [-0.15, -0.1) is 0 Å². The summed E-state index contributed by atoms with van der Waals surface area (Å²) in [5.74, 6) is -0.558. The molecule has 4 aromatic heterocycles. The van der Waals surface area contributed by atoms with E-state index in [2.05, 4.69) is 14.5 Å². The van der Waals surface area contributed by atoms with Crippen LogP contribution in [0.15, 0.2) is 84.1 Å². The second kappa shape index (κ2) is 12.0. The number of primary amides is 2. The first-order valence-electron chi connectivity index (χ1n) is 14.8. The van der Waals surface area contributed by atoms with Crippen molar-refractivity contribution >= 4 is 35.0 Å². The first kappa shape index (κ1) is 29.6. The monoisotopic (exact) mass is 638 g/mol. The predicted molar refractivity (Wildman–Crippen MR) is 172 cm³/mol. The third kappa shape index (κ3) is 5.49. The minimum Gasteiger partial charge on any atom is -0.369 e. The van der Waals surface area contributed by atoms with Crippen molar-refractivity contribution in [2.45, 2.75) is 31.2 Å². The Balaban J connectivity index is 1.29. The molecule has 0 radical (unpaired) electrons. The number of nitrogens with two attached hydrogens (primary N) is 2. The number of fused-ring (bicyclic) bond motifs is 1. The van der Waals surface area contributed by atoms with Gasteiger partial charge in [-0.3, -0.25) is 19.5 Å². The van der Waals surface area contributed by atoms with Gasteiger partial charge in [0.25, 0.3) is 5.91 Å². The van der Waals surface area contributed by atoms with Crippen molar-refractivity contribution in [2.24, 2.45) is 11.5 Å². The van der Waals surface area contributed by atoms with Crippen molar-refractivity contribution in [3.05, 3.63) is 95.4 Å². The zero-order valence-electron chi connectivity index (χ0n) is 25.0. The molecule has 1 atom stereocenters.